The van der Waals surface area contributed by atoms with Crippen molar-refractivity contribution in [3.63, 3.8) is 0 Å². The van der Waals surface area contributed by atoms with E-state index in [4.69, 9.17) is 14.2 Å². The number of methoxy groups -OCH3 is 3. The summed E-state index contributed by atoms with van der Waals surface area (Å²) >= 11 is 0. The Morgan fingerprint density at radius 3 is 2.26 bits per heavy atom. The molecule has 27 heavy (non-hydrogen) atoms. The van der Waals surface area contributed by atoms with E-state index < -0.39 is 4.92 Å². The number of carbonyl (C=O) groups is 1. The minimum absolute atomic E-state index is 0.00264. The molecule has 2 aromatic rings. The topological polar surface area (TPSA) is 99.9 Å². The molecule has 0 saturated carbocycles. The van der Waals surface area contributed by atoms with Gasteiger partial charge in [-0.05, 0) is 35.9 Å². The van der Waals surface area contributed by atoms with Crippen LogP contribution in [0.1, 0.15) is 11.1 Å². The minimum atomic E-state index is -0.475. The molecule has 2 aromatic carbocycles. The zero-order valence-corrected chi connectivity index (χ0v) is 15.2. The van der Waals surface area contributed by atoms with E-state index in [1.54, 1.807) is 30.3 Å². The summed E-state index contributed by atoms with van der Waals surface area (Å²) in [5, 5.41) is 13.4. The molecule has 2 rings (SSSR count). The summed E-state index contributed by atoms with van der Waals surface area (Å²) in [6, 6.07) is 9.41. The Hall–Kier alpha value is -3.55. The van der Waals surface area contributed by atoms with Crippen LogP contribution in [0.4, 0.5) is 5.69 Å². The van der Waals surface area contributed by atoms with Gasteiger partial charge in [0.05, 0.1) is 26.3 Å². The van der Waals surface area contributed by atoms with Crippen molar-refractivity contribution >= 4 is 17.7 Å². The van der Waals surface area contributed by atoms with Crippen LogP contribution in [0.3, 0.4) is 0 Å². The smallest absolute Gasteiger partial charge is 0.269 e. The van der Waals surface area contributed by atoms with Gasteiger partial charge in [0.1, 0.15) is 0 Å². The first kappa shape index (κ1) is 19.8. The predicted octanol–water partition coefficient (Wildman–Crippen LogP) is 2.95. The van der Waals surface area contributed by atoms with Gasteiger partial charge in [-0.25, -0.2) is 0 Å². The lowest BCUT2D eigenvalue weighted by molar-refractivity contribution is -0.384. The van der Waals surface area contributed by atoms with Crippen LogP contribution < -0.4 is 19.5 Å². The third-order valence-electron chi connectivity index (χ3n) is 3.77. The largest absolute Gasteiger partial charge is 0.493 e. The van der Waals surface area contributed by atoms with Crippen LogP contribution in [0.25, 0.3) is 6.08 Å². The van der Waals surface area contributed by atoms with Gasteiger partial charge in [-0.2, -0.15) is 0 Å². The second kappa shape index (κ2) is 9.23. The maximum absolute atomic E-state index is 12.0. The van der Waals surface area contributed by atoms with Crippen molar-refractivity contribution in [2.75, 3.05) is 21.3 Å². The number of ether oxygens (including phenoxy) is 3. The van der Waals surface area contributed by atoms with E-state index >= 15 is 0 Å². The molecule has 0 atom stereocenters. The molecule has 142 valence electrons. The van der Waals surface area contributed by atoms with Gasteiger partial charge in [-0.1, -0.05) is 0 Å². The standard InChI is InChI=1S/C19H20N2O6/c1-25-16-10-7-14(18(26-2)19(16)27-3)12-20-17(22)11-6-13-4-8-15(9-5-13)21(23)24/h4-11H,12H2,1-3H3,(H,20,22)/b11-6+. The van der Waals surface area contributed by atoms with Crippen LogP contribution in [-0.2, 0) is 11.3 Å². The molecule has 1 amide bonds. The predicted molar refractivity (Wildman–Crippen MR) is 100 cm³/mol. The molecule has 8 heteroatoms. The molecule has 1 N–H and O–H groups in total. The third kappa shape index (κ3) is 4.97. The van der Waals surface area contributed by atoms with Crippen LogP contribution in [0.5, 0.6) is 17.2 Å². The van der Waals surface area contributed by atoms with Crippen LogP contribution in [0.2, 0.25) is 0 Å². The molecule has 0 bridgehead atoms. The van der Waals surface area contributed by atoms with Crippen molar-refractivity contribution in [2.45, 2.75) is 6.54 Å². The minimum Gasteiger partial charge on any atom is -0.493 e. The summed E-state index contributed by atoms with van der Waals surface area (Å²) < 4.78 is 15.9. The molecule has 0 heterocycles. The van der Waals surface area contributed by atoms with Gasteiger partial charge >= 0.3 is 0 Å². The molecular formula is C19H20N2O6. The summed E-state index contributed by atoms with van der Waals surface area (Å²) in [4.78, 5) is 22.2. The number of nitrogens with zero attached hydrogens (tertiary/aromatic N) is 1. The summed E-state index contributed by atoms with van der Waals surface area (Å²) in [6.45, 7) is 0.229. The second-order valence-electron chi connectivity index (χ2n) is 5.39. The van der Waals surface area contributed by atoms with Crippen LogP contribution >= 0.6 is 0 Å². The quantitative estimate of drug-likeness (QED) is 0.434. The highest BCUT2D eigenvalue weighted by Gasteiger charge is 2.15. The lowest BCUT2D eigenvalue weighted by Gasteiger charge is -2.15. The average molecular weight is 372 g/mol. The second-order valence-corrected chi connectivity index (χ2v) is 5.39. The highest BCUT2D eigenvalue weighted by molar-refractivity contribution is 5.91. The Bertz CT molecular complexity index is 846. The van der Waals surface area contributed by atoms with Crippen LogP contribution in [0.15, 0.2) is 42.5 Å². The lowest BCUT2D eigenvalue weighted by atomic mass is 10.1. The van der Waals surface area contributed by atoms with Crippen molar-refractivity contribution < 1.29 is 23.9 Å². The van der Waals surface area contributed by atoms with E-state index in [0.29, 0.717) is 22.8 Å². The summed E-state index contributed by atoms with van der Waals surface area (Å²) in [6.07, 6.45) is 2.93. The number of nitro groups is 1. The first-order valence-electron chi connectivity index (χ1n) is 7.98. The molecule has 8 nitrogen and oxygen atoms in total. The number of hydrogen-bond donors (Lipinski definition) is 1. The number of amides is 1. The van der Waals surface area contributed by atoms with Crippen molar-refractivity contribution in [1.29, 1.82) is 0 Å². The van der Waals surface area contributed by atoms with E-state index in [0.717, 1.165) is 5.56 Å². The van der Waals surface area contributed by atoms with Crippen LogP contribution in [0, 0.1) is 10.1 Å². The number of nitrogens with one attached hydrogen (secondary N) is 1. The Morgan fingerprint density at radius 2 is 1.70 bits per heavy atom. The first-order valence-corrected chi connectivity index (χ1v) is 7.98. The number of non-ortho nitro benzene ring substituents is 1. The van der Waals surface area contributed by atoms with Gasteiger partial charge in [0.15, 0.2) is 11.5 Å². The molecule has 0 saturated heterocycles. The van der Waals surface area contributed by atoms with E-state index in [2.05, 4.69) is 5.32 Å². The van der Waals surface area contributed by atoms with E-state index in [1.807, 2.05) is 0 Å². The fourth-order valence-corrected chi connectivity index (χ4v) is 2.42. The van der Waals surface area contributed by atoms with Crippen LogP contribution in [-0.4, -0.2) is 32.2 Å². The van der Waals surface area contributed by atoms with Crippen molar-refractivity contribution in [1.82, 2.24) is 5.32 Å². The van der Waals surface area contributed by atoms with Gasteiger partial charge in [-0.3, -0.25) is 14.9 Å². The van der Waals surface area contributed by atoms with Gasteiger partial charge in [0, 0.05) is 30.3 Å². The number of carbonyl (C=O) groups excluding carboxylic acids is 1. The summed E-state index contributed by atoms with van der Waals surface area (Å²) in [7, 11) is 4.55. The fourth-order valence-electron chi connectivity index (χ4n) is 2.42. The van der Waals surface area contributed by atoms with E-state index in [-0.39, 0.29) is 18.1 Å². The zero-order valence-electron chi connectivity index (χ0n) is 15.2. The monoisotopic (exact) mass is 372 g/mol. The van der Waals surface area contributed by atoms with E-state index in [1.165, 1.54) is 39.5 Å². The molecule has 0 fully saturated rings. The van der Waals surface area contributed by atoms with Crippen molar-refractivity contribution in [2.24, 2.45) is 0 Å². The Kier molecular flexibility index (Phi) is 6.76. The molecule has 0 aliphatic rings. The molecule has 0 aromatic heterocycles. The SMILES string of the molecule is COc1ccc(CNC(=O)/C=C/c2ccc([N+](=O)[O-])cc2)c(OC)c1OC. The summed E-state index contributed by atoms with van der Waals surface area (Å²) in [5.74, 6) is 1.15. The fraction of sp³-hybridized carbons (Fsp3) is 0.211. The molecule has 0 radical (unpaired) electrons. The Labute approximate surface area is 156 Å². The van der Waals surface area contributed by atoms with Gasteiger partial charge < -0.3 is 19.5 Å². The van der Waals surface area contributed by atoms with Gasteiger partial charge in [0.25, 0.3) is 5.69 Å². The van der Waals surface area contributed by atoms with Gasteiger partial charge in [0.2, 0.25) is 11.7 Å². The summed E-state index contributed by atoms with van der Waals surface area (Å²) in [5.41, 5.74) is 1.41. The zero-order chi connectivity index (χ0) is 19.8. The molecule has 0 spiro atoms. The average Bonchev–Trinajstić information content (AvgIpc) is 2.69. The Balaban J connectivity index is 2.04. The number of hydrogen-bond acceptors (Lipinski definition) is 6. The molecule has 0 unspecified atom stereocenters. The molecular weight excluding hydrogens is 352 g/mol. The van der Waals surface area contributed by atoms with E-state index in [9.17, 15) is 14.9 Å². The highest BCUT2D eigenvalue weighted by Crippen LogP contribution is 2.39. The van der Waals surface area contributed by atoms with Crippen molar-refractivity contribution in [3.8, 4) is 17.2 Å². The Morgan fingerprint density at radius 1 is 1.04 bits per heavy atom. The van der Waals surface area contributed by atoms with Crippen molar-refractivity contribution in [3.05, 3.63) is 63.7 Å². The third-order valence-corrected chi connectivity index (χ3v) is 3.77. The number of nitro benzene ring substituents is 1. The number of benzene rings is 2. The maximum Gasteiger partial charge on any atom is 0.269 e. The lowest BCUT2D eigenvalue weighted by Crippen LogP contribution is -2.20. The van der Waals surface area contributed by atoms with Gasteiger partial charge in [-0.15, -0.1) is 0 Å². The molecule has 0 aliphatic carbocycles. The number of rotatable bonds is 8. The maximum atomic E-state index is 12.0. The normalized spacial score (nSPS) is 10.5. The molecule has 0 aliphatic heterocycles. The highest BCUT2D eigenvalue weighted by atomic mass is 16.6. The first-order chi connectivity index (χ1) is 13.0.